The summed E-state index contributed by atoms with van der Waals surface area (Å²) in [6, 6.07) is 4.85. The molecule has 0 bridgehead atoms. The predicted octanol–water partition coefficient (Wildman–Crippen LogP) is 2.63. The molecule has 1 aliphatic heterocycles. The van der Waals surface area contributed by atoms with E-state index in [1.807, 2.05) is 0 Å². The molecule has 1 N–H and O–H groups in total. The van der Waals surface area contributed by atoms with Crippen LogP contribution in [0.5, 0.6) is 0 Å². The third kappa shape index (κ3) is 3.30. The Morgan fingerprint density at radius 3 is 2.95 bits per heavy atom. The quantitative estimate of drug-likeness (QED) is 0.500. The van der Waals surface area contributed by atoms with Crippen LogP contribution in [0.4, 0.5) is 11.7 Å². The van der Waals surface area contributed by atoms with E-state index < -0.39 is 4.92 Å². The monoisotopic (exact) mass is 290 g/mol. The highest BCUT2D eigenvalue weighted by Gasteiger charge is 2.12. The van der Waals surface area contributed by atoms with Crippen LogP contribution in [-0.4, -0.2) is 41.0 Å². The Morgan fingerprint density at radius 2 is 2.19 bits per heavy atom. The second-order valence-electron chi connectivity index (χ2n) is 5.26. The van der Waals surface area contributed by atoms with Gasteiger partial charge < -0.3 is 14.6 Å². The van der Waals surface area contributed by atoms with Gasteiger partial charge in [0.25, 0.3) is 11.7 Å². The average Bonchev–Trinajstić information content (AvgIpc) is 3.11. The standard InChI is InChI=1S/C14H18N4O3/c19-18(20)11-4-5-13-12(10-11)16-14(21-13)15-6-3-9-17-7-1-2-8-17/h4-5,10H,1-3,6-9H2,(H,15,16). The number of nitrogens with zero attached hydrogens (tertiary/aromatic N) is 3. The number of hydrogen-bond donors (Lipinski definition) is 1. The number of aromatic nitrogens is 1. The molecule has 7 heteroatoms. The van der Waals surface area contributed by atoms with E-state index in [1.54, 1.807) is 6.07 Å². The van der Waals surface area contributed by atoms with E-state index in [2.05, 4.69) is 15.2 Å². The van der Waals surface area contributed by atoms with Gasteiger partial charge in [-0.25, -0.2) is 0 Å². The van der Waals surface area contributed by atoms with Crippen molar-refractivity contribution in [2.75, 3.05) is 31.5 Å². The summed E-state index contributed by atoms with van der Waals surface area (Å²) in [5.74, 6) is 0. The lowest BCUT2D eigenvalue weighted by Gasteiger charge is -2.13. The summed E-state index contributed by atoms with van der Waals surface area (Å²) >= 11 is 0. The van der Waals surface area contributed by atoms with Crippen LogP contribution in [0.25, 0.3) is 11.1 Å². The number of likely N-dealkylation sites (tertiary alicyclic amines) is 1. The van der Waals surface area contributed by atoms with Crippen molar-refractivity contribution in [3.63, 3.8) is 0 Å². The fourth-order valence-corrected chi connectivity index (χ4v) is 2.61. The van der Waals surface area contributed by atoms with Crippen LogP contribution in [0.3, 0.4) is 0 Å². The summed E-state index contributed by atoms with van der Waals surface area (Å²) < 4.78 is 5.52. The molecule has 0 unspecified atom stereocenters. The van der Waals surface area contributed by atoms with E-state index in [1.165, 1.54) is 38.1 Å². The largest absolute Gasteiger partial charge is 0.424 e. The van der Waals surface area contributed by atoms with Crippen LogP contribution in [0.15, 0.2) is 22.6 Å². The molecule has 112 valence electrons. The molecule has 0 aliphatic carbocycles. The molecule has 0 atom stereocenters. The van der Waals surface area contributed by atoms with Crippen molar-refractivity contribution in [3.8, 4) is 0 Å². The fourth-order valence-electron chi connectivity index (χ4n) is 2.61. The molecule has 1 aromatic heterocycles. The van der Waals surface area contributed by atoms with Gasteiger partial charge in [-0.05, 0) is 45.0 Å². The average molecular weight is 290 g/mol. The molecule has 21 heavy (non-hydrogen) atoms. The Labute approximate surface area is 122 Å². The topological polar surface area (TPSA) is 84.4 Å². The summed E-state index contributed by atoms with van der Waals surface area (Å²) in [4.78, 5) is 17.0. The zero-order valence-electron chi connectivity index (χ0n) is 11.7. The van der Waals surface area contributed by atoms with Gasteiger partial charge in [0.15, 0.2) is 5.58 Å². The van der Waals surface area contributed by atoms with Crippen LogP contribution in [0.1, 0.15) is 19.3 Å². The molecule has 1 fully saturated rings. The van der Waals surface area contributed by atoms with Gasteiger partial charge >= 0.3 is 0 Å². The molecule has 3 rings (SSSR count). The molecule has 0 amide bonds. The molecule has 7 nitrogen and oxygen atoms in total. The molecule has 1 aromatic carbocycles. The summed E-state index contributed by atoms with van der Waals surface area (Å²) in [6.07, 6.45) is 3.63. The van der Waals surface area contributed by atoms with Crippen molar-refractivity contribution < 1.29 is 9.34 Å². The van der Waals surface area contributed by atoms with E-state index in [0.717, 1.165) is 19.5 Å². The molecule has 0 radical (unpaired) electrons. The maximum Gasteiger partial charge on any atom is 0.295 e. The first-order valence-electron chi connectivity index (χ1n) is 7.23. The number of hydrogen-bond acceptors (Lipinski definition) is 6. The lowest BCUT2D eigenvalue weighted by molar-refractivity contribution is -0.384. The van der Waals surface area contributed by atoms with E-state index in [4.69, 9.17) is 4.42 Å². The second kappa shape index (κ2) is 6.09. The number of anilines is 1. The van der Waals surface area contributed by atoms with Gasteiger partial charge in [0, 0.05) is 18.7 Å². The lowest BCUT2D eigenvalue weighted by atomic mass is 10.3. The Balaban J connectivity index is 1.55. The van der Waals surface area contributed by atoms with Gasteiger partial charge in [0.2, 0.25) is 0 Å². The number of nitro groups is 1. The van der Waals surface area contributed by atoms with Gasteiger partial charge in [-0.15, -0.1) is 0 Å². The van der Waals surface area contributed by atoms with Gasteiger partial charge in [0.1, 0.15) is 5.52 Å². The van der Waals surface area contributed by atoms with Crippen molar-refractivity contribution in [1.82, 2.24) is 9.88 Å². The Kier molecular flexibility index (Phi) is 4.01. The van der Waals surface area contributed by atoms with Crippen LogP contribution >= 0.6 is 0 Å². The minimum Gasteiger partial charge on any atom is -0.424 e. The lowest BCUT2D eigenvalue weighted by Crippen LogP contribution is -2.22. The minimum absolute atomic E-state index is 0.0244. The summed E-state index contributed by atoms with van der Waals surface area (Å²) in [5, 5.41) is 13.8. The van der Waals surface area contributed by atoms with E-state index in [-0.39, 0.29) is 5.69 Å². The second-order valence-corrected chi connectivity index (χ2v) is 5.26. The maximum absolute atomic E-state index is 10.7. The van der Waals surface area contributed by atoms with E-state index >= 15 is 0 Å². The summed E-state index contributed by atoms with van der Waals surface area (Å²) in [7, 11) is 0. The highest BCUT2D eigenvalue weighted by Crippen LogP contribution is 2.23. The van der Waals surface area contributed by atoms with Crippen LogP contribution in [0, 0.1) is 10.1 Å². The molecular formula is C14H18N4O3. The summed E-state index contributed by atoms with van der Waals surface area (Å²) in [5.41, 5.74) is 1.09. The van der Waals surface area contributed by atoms with Crippen molar-refractivity contribution in [3.05, 3.63) is 28.3 Å². The maximum atomic E-state index is 10.7. The van der Waals surface area contributed by atoms with Gasteiger partial charge in [-0.2, -0.15) is 4.98 Å². The van der Waals surface area contributed by atoms with Crippen LogP contribution in [-0.2, 0) is 0 Å². The van der Waals surface area contributed by atoms with Crippen molar-refractivity contribution in [1.29, 1.82) is 0 Å². The first-order chi connectivity index (χ1) is 10.2. The third-order valence-corrected chi connectivity index (χ3v) is 3.71. The van der Waals surface area contributed by atoms with Crippen LogP contribution < -0.4 is 5.32 Å². The third-order valence-electron chi connectivity index (χ3n) is 3.71. The number of benzene rings is 1. The zero-order chi connectivity index (χ0) is 14.7. The normalized spacial score (nSPS) is 15.6. The molecule has 0 spiro atoms. The number of oxazole rings is 1. The number of nitrogens with one attached hydrogen (secondary N) is 1. The van der Waals surface area contributed by atoms with Crippen molar-refractivity contribution >= 4 is 22.8 Å². The number of nitro benzene ring substituents is 1. The fraction of sp³-hybridized carbons (Fsp3) is 0.500. The highest BCUT2D eigenvalue weighted by molar-refractivity contribution is 5.77. The van der Waals surface area contributed by atoms with Gasteiger partial charge in [-0.3, -0.25) is 10.1 Å². The van der Waals surface area contributed by atoms with Crippen molar-refractivity contribution in [2.45, 2.75) is 19.3 Å². The number of fused-ring (bicyclic) bond motifs is 1. The Morgan fingerprint density at radius 1 is 1.38 bits per heavy atom. The molecule has 2 heterocycles. The minimum atomic E-state index is -0.433. The number of rotatable bonds is 6. The Bertz CT molecular complexity index is 634. The first-order valence-corrected chi connectivity index (χ1v) is 7.23. The zero-order valence-corrected chi connectivity index (χ0v) is 11.7. The van der Waals surface area contributed by atoms with E-state index in [0.29, 0.717) is 17.1 Å². The summed E-state index contributed by atoms with van der Waals surface area (Å²) in [6.45, 7) is 4.27. The van der Waals surface area contributed by atoms with Crippen LogP contribution in [0.2, 0.25) is 0 Å². The SMILES string of the molecule is O=[N+]([O-])c1ccc2oc(NCCCN3CCCC3)nc2c1. The predicted molar refractivity (Wildman–Crippen MR) is 79.4 cm³/mol. The Hall–Kier alpha value is -2.15. The molecule has 2 aromatic rings. The molecule has 1 saturated heterocycles. The van der Waals surface area contributed by atoms with E-state index in [9.17, 15) is 10.1 Å². The van der Waals surface area contributed by atoms with Crippen molar-refractivity contribution in [2.24, 2.45) is 0 Å². The highest BCUT2D eigenvalue weighted by atomic mass is 16.6. The van der Waals surface area contributed by atoms with Gasteiger partial charge in [-0.1, -0.05) is 0 Å². The molecule has 0 saturated carbocycles. The smallest absolute Gasteiger partial charge is 0.295 e. The molecule has 1 aliphatic rings. The van der Waals surface area contributed by atoms with Gasteiger partial charge in [0.05, 0.1) is 4.92 Å². The number of non-ortho nitro benzene ring substituents is 1. The first kappa shape index (κ1) is 13.8. The molecular weight excluding hydrogens is 272 g/mol.